The zero-order valence-corrected chi connectivity index (χ0v) is 15.1. The van der Waals surface area contributed by atoms with Crippen molar-refractivity contribution in [2.24, 2.45) is 0 Å². The molecule has 7 heteroatoms. The Labute approximate surface area is 151 Å². The predicted octanol–water partition coefficient (Wildman–Crippen LogP) is 3.73. The highest BCUT2D eigenvalue weighted by molar-refractivity contribution is 14.1. The topological polar surface area (TPSA) is 77.2 Å². The molecule has 0 saturated heterocycles. The maximum Gasteiger partial charge on any atom is 0.432 e. The van der Waals surface area contributed by atoms with Crippen LogP contribution in [0, 0.1) is 3.70 Å². The third-order valence-corrected chi connectivity index (χ3v) is 5.11. The van der Waals surface area contributed by atoms with E-state index in [2.05, 4.69) is 17.2 Å². The number of rotatable bonds is 2. The van der Waals surface area contributed by atoms with Crippen molar-refractivity contribution in [1.82, 2.24) is 14.8 Å². The van der Waals surface area contributed by atoms with Gasteiger partial charge in [0.15, 0.2) is 0 Å². The zero-order valence-electron chi connectivity index (χ0n) is 12.9. The van der Waals surface area contributed by atoms with E-state index >= 15 is 0 Å². The van der Waals surface area contributed by atoms with E-state index in [-0.39, 0.29) is 0 Å². The highest BCUT2D eigenvalue weighted by Gasteiger charge is 2.22. The number of nitrogens with zero attached hydrogens (tertiary/aromatic N) is 3. The van der Waals surface area contributed by atoms with Crippen molar-refractivity contribution >= 4 is 39.7 Å². The van der Waals surface area contributed by atoms with Crippen LogP contribution in [-0.4, -0.2) is 33.1 Å². The molecular formula is C17H14IN3O3. The fourth-order valence-electron chi connectivity index (χ4n) is 3.32. The summed E-state index contributed by atoms with van der Waals surface area (Å²) in [6, 6.07) is 7.95. The molecule has 3 aromatic rings. The third-order valence-electron chi connectivity index (χ3n) is 4.38. The molecule has 1 N–H and O–H groups in total. The lowest BCUT2D eigenvalue weighted by Gasteiger charge is -2.12. The van der Waals surface area contributed by atoms with Crippen molar-refractivity contribution in [2.45, 2.75) is 19.3 Å². The number of carboxylic acid groups (broad SMARTS) is 1. The van der Waals surface area contributed by atoms with E-state index in [1.165, 1.54) is 11.1 Å². The lowest BCUT2D eigenvalue weighted by molar-refractivity contribution is 0.194. The number of fused-ring (bicyclic) bond motifs is 2. The normalized spacial score (nSPS) is 13.2. The molecule has 6 nitrogen and oxygen atoms in total. The Kier molecular flexibility index (Phi) is 3.67. The molecular weight excluding hydrogens is 421 g/mol. The van der Waals surface area contributed by atoms with Gasteiger partial charge in [0.2, 0.25) is 0 Å². The summed E-state index contributed by atoms with van der Waals surface area (Å²) >= 11 is 2.01. The first-order chi connectivity index (χ1) is 11.6. The van der Waals surface area contributed by atoms with Gasteiger partial charge in [0.05, 0.1) is 7.11 Å². The number of methoxy groups -OCH3 is 1. The van der Waals surface area contributed by atoms with Gasteiger partial charge in [-0.2, -0.15) is 9.78 Å². The van der Waals surface area contributed by atoms with Gasteiger partial charge in [-0.05, 0) is 53.0 Å². The smallest absolute Gasteiger partial charge is 0.432 e. The molecule has 0 bridgehead atoms. The van der Waals surface area contributed by atoms with Crippen LogP contribution in [0.5, 0.6) is 5.75 Å². The van der Waals surface area contributed by atoms with E-state index in [0.29, 0.717) is 20.5 Å². The Morgan fingerprint density at radius 2 is 2.21 bits per heavy atom. The van der Waals surface area contributed by atoms with Crippen LogP contribution in [0.1, 0.15) is 17.5 Å². The van der Waals surface area contributed by atoms with Gasteiger partial charge < -0.3 is 9.84 Å². The van der Waals surface area contributed by atoms with Crippen molar-refractivity contribution < 1.29 is 14.6 Å². The van der Waals surface area contributed by atoms with Crippen molar-refractivity contribution in [3.05, 3.63) is 39.1 Å². The minimum atomic E-state index is -1.14. The van der Waals surface area contributed by atoms with Crippen molar-refractivity contribution in [3.8, 4) is 17.0 Å². The molecule has 24 heavy (non-hydrogen) atoms. The molecule has 4 rings (SSSR count). The van der Waals surface area contributed by atoms with Gasteiger partial charge in [0.1, 0.15) is 26.2 Å². The molecule has 1 aliphatic carbocycles. The molecule has 1 aromatic carbocycles. The Morgan fingerprint density at radius 3 is 2.96 bits per heavy atom. The van der Waals surface area contributed by atoms with Crippen molar-refractivity contribution in [3.63, 3.8) is 0 Å². The summed E-state index contributed by atoms with van der Waals surface area (Å²) in [6.07, 6.45) is 2.12. The van der Waals surface area contributed by atoms with Crippen LogP contribution in [0.4, 0.5) is 4.79 Å². The second kappa shape index (κ2) is 5.73. The van der Waals surface area contributed by atoms with E-state index in [0.717, 1.165) is 35.2 Å². The molecule has 0 spiro atoms. The van der Waals surface area contributed by atoms with Gasteiger partial charge in [0, 0.05) is 11.6 Å². The number of hydrogen-bond acceptors (Lipinski definition) is 4. The summed E-state index contributed by atoms with van der Waals surface area (Å²) in [7, 11) is 1.57. The quantitative estimate of drug-likeness (QED) is 0.621. The standard InChI is InChI=1S/C17H14IN3O3/c1-24-13-8-12-15(16(18)20-21(12)17(22)23)19-14(13)11-7-3-5-9-4-2-6-10(9)11/h3,5,7-8H,2,4,6H2,1H3,(H,22,23). The molecule has 0 saturated carbocycles. The lowest BCUT2D eigenvalue weighted by Crippen LogP contribution is -2.09. The minimum Gasteiger partial charge on any atom is -0.494 e. The van der Waals surface area contributed by atoms with Gasteiger partial charge in [-0.15, -0.1) is 0 Å². The van der Waals surface area contributed by atoms with Gasteiger partial charge >= 0.3 is 6.09 Å². The predicted molar refractivity (Wildman–Crippen MR) is 97.7 cm³/mol. The number of hydrogen-bond donors (Lipinski definition) is 1. The fraction of sp³-hybridized carbons (Fsp3) is 0.235. The van der Waals surface area contributed by atoms with Gasteiger partial charge in [-0.1, -0.05) is 18.2 Å². The number of pyridine rings is 1. The number of aryl methyl sites for hydroxylation is 1. The van der Waals surface area contributed by atoms with Crippen LogP contribution in [0.3, 0.4) is 0 Å². The molecule has 0 amide bonds. The minimum absolute atomic E-state index is 0.431. The fourth-order valence-corrected chi connectivity index (χ4v) is 3.94. The molecule has 2 heterocycles. The Bertz CT molecular complexity index is 981. The lowest BCUT2D eigenvalue weighted by atomic mass is 9.99. The zero-order chi connectivity index (χ0) is 16.8. The maximum absolute atomic E-state index is 11.4. The first kappa shape index (κ1) is 15.4. The van der Waals surface area contributed by atoms with E-state index in [1.54, 1.807) is 13.2 Å². The van der Waals surface area contributed by atoms with Gasteiger partial charge in [-0.25, -0.2) is 9.78 Å². The number of benzene rings is 1. The van der Waals surface area contributed by atoms with E-state index in [9.17, 15) is 9.90 Å². The van der Waals surface area contributed by atoms with E-state index < -0.39 is 6.09 Å². The Balaban J connectivity index is 2.01. The largest absolute Gasteiger partial charge is 0.494 e. The Morgan fingerprint density at radius 1 is 1.38 bits per heavy atom. The summed E-state index contributed by atoms with van der Waals surface area (Å²) < 4.78 is 7.01. The Hall–Kier alpha value is -2.16. The van der Waals surface area contributed by atoms with Crippen molar-refractivity contribution in [2.75, 3.05) is 7.11 Å². The second-order valence-electron chi connectivity index (χ2n) is 5.69. The van der Waals surface area contributed by atoms with Crippen LogP contribution >= 0.6 is 22.6 Å². The number of ether oxygens (including phenoxy) is 1. The molecule has 0 fully saturated rings. The summed E-state index contributed by atoms with van der Waals surface area (Å²) in [6.45, 7) is 0. The summed E-state index contributed by atoms with van der Waals surface area (Å²) in [5.74, 6) is 0.557. The summed E-state index contributed by atoms with van der Waals surface area (Å²) in [5.41, 5.74) is 5.47. The average Bonchev–Trinajstić information content (AvgIpc) is 3.18. The molecule has 0 aliphatic heterocycles. The summed E-state index contributed by atoms with van der Waals surface area (Å²) in [4.78, 5) is 16.1. The van der Waals surface area contributed by atoms with Crippen LogP contribution in [0.15, 0.2) is 24.3 Å². The third kappa shape index (κ3) is 2.26. The van der Waals surface area contributed by atoms with E-state index in [4.69, 9.17) is 9.72 Å². The first-order valence-corrected chi connectivity index (χ1v) is 8.65. The first-order valence-electron chi connectivity index (χ1n) is 7.58. The van der Waals surface area contributed by atoms with Crippen LogP contribution < -0.4 is 4.74 Å². The second-order valence-corrected chi connectivity index (χ2v) is 6.71. The highest BCUT2D eigenvalue weighted by Crippen LogP contribution is 2.38. The monoisotopic (exact) mass is 435 g/mol. The number of halogens is 1. The number of aromatic nitrogens is 3. The van der Waals surface area contributed by atoms with Crippen LogP contribution in [0.2, 0.25) is 0 Å². The van der Waals surface area contributed by atoms with Gasteiger partial charge in [0.25, 0.3) is 0 Å². The van der Waals surface area contributed by atoms with Crippen LogP contribution in [0.25, 0.3) is 22.3 Å². The molecule has 0 radical (unpaired) electrons. The number of carbonyl (C=O) groups is 1. The molecule has 122 valence electrons. The summed E-state index contributed by atoms with van der Waals surface area (Å²) in [5, 5.41) is 13.4. The van der Waals surface area contributed by atoms with Gasteiger partial charge in [-0.3, -0.25) is 0 Å². The highest BCUT2D eigenvalue weighted by atomic mass is 127. The average molecular weight is 435 g/mol. The SMILES string of the molecule is COc1cc2c(nc1-c1cccc3c1CCC3)c(I)nn2C(=O)O. The van der Waals surface area contributed by atoms with E-state index in [1.807, 2.05) is 28.7 Å². The molecule has 2 aromatic heterocycles. The molecule has 1 aliphatic rings. The van der Waals surface area contributed by atoms with Crippen LogP contribution in [-0.2, 0) is 12.8 Å². The maximum atomic E-state index is 11.4. The molecule has 0 unspecified atom stereocenters. The van der Waals surface area contributed by atoms with Crippen molar-refractivity contribution in [1.29, 1.82) is 0 Å². The molecule has 0 atom stereocenters.